The van der Waals surface area contributed by atoms with Crippen LogP contribution in [0, 0.1) is 0 Å². The minimum Gasteiger partial charge on any atom is -0.459 e. The smallest absolute Gasteiger partial charge is 0.418 e. The molecule has 0 spiro atoms. The summed E-state index contributed by atoms with van der Waals surface area (Å²) in [4.78, 5) is 50.0. The Morgan fingerprint density at radius 3 is 2.18 bits per heavy atom. The van der Waals surface area contributed by atoms with E-state index >= 15 is 0 Å². The van der Waals surface area contributed by atoms with Crippen LogP contribution < -0.4 is 10.6 Å². The molecular formula is C23H16F3N3O5. The third kappa shape index (κ3) is 4.53. The van der Waals surface area contributed by atoms with Crippen molar-refractivity contribution in [3.63, 3.8) is 0 Å². The minimum atomic E-state index is -4.84. The van der Waals surface area contributed by atoms with E-state index in [0.29, 0.717) is 6.07 Å². The molecule has 0 bridgehead atoms. The summed E-state index contributed by atoms with van der Waals surface area (Å²) in [6, 6.07) is 11.8. The van der Waals surface area contributed by atoms with Gasteiger partial charge in [0, 0.05) is 18.7 Å². The summed E-state index contributed by atoms with van der Waals surface area (Å²) in [5, 5.41) is 4.45. The molecule has 11 heteroatoms. The van der Waals surface area contributed by atoms with Crippen LogP contribution in [-0.2, 0) is 11.0 Å². The highest BCUT2D eigenvalue weighted by Gasteiger charge is 2.36. The Bertz CT molecular complexity index is 1250. The average molecular weight is 471 g/mol. The van der Waals surface area contributed by atoms with E-state index in [0.717, 1.165) is 11.0 Å². The molecule has 4 rings (SSSR count). The largest absolute Gasteiger partial charge is 0.459 e. The molecule has 1 aliphatic rings. The van der Waals surface area contributed by atoms with Crippen LogP contribution in [0.1, 0.15) is 43.3 Å². The van der Waals surface area contributed by atoms with E-state index < -0.39 is 47.5 Å². The zero-order chi connectivity index (χ0) is 24.5. The van der Waals surface area contributed by atoms with E-state index in [-0.39, 0.29) is 29.1 Å². The topological polar surface area (TPSA) is 109 Å². The summed E-state index contributed by atoms with van der Waals surface area (Å²) in [5.41, 5.74) is -1.45. The molecule has 34 heavy (non-hydrogen) atoms. The Labute approximate surface area is 190 Å². The molecule has 2 heterocycles. The fourth-order valence-corrected chi connectivity index (χ4v) is 3.43. The van der Waals surface area contributed by atoms with Gasteiger partial charge in [-0.05, 0) is 42.5 Å². The monoisotopic (exact) mass is 471 g/mol. The van der Waals surface area contributed by atoms with Crippen LogP contribution in [0.15, 0.2) is 65.3 Å². The fraction of sp³-hybridized carbons (Fsp3) is 0.130. The molecule has 8 nitrogen and oxygen atoms in total. The molecule has 0 saturated heterocycles. The number of nitrogens with one attached hydrogen (secondary N) is 2. The van der Waals surface area contributed by atoms with E-state index in [1.165, 1.54) is 36.6 Å². The van der Waals surface area contributed by atoms with Crippen molar-refractivity contribution < 1.29 is 36.8 Å². The SMILES string of the molecule is O=C(CCN1C(=O)c2ccccc2C1=O)Nc1ccc(NC(=O)c2ccco2)cc1C(F)(F)F. The van der Waals surface area contributed by atoms with Gasteiger partial charge in [0.05, 0.1) is 28.6 Å². The summed E-state index contributed by atoms with van der Waals surface area (Å²) >= 11 is 0. The molecule has 0 unspecified atom stereocenters. The van der Waals surface area contributed by atoms with Crippen LogP contribution in [0.2, 0.25) is 0 Å². The Kier molecular flexibility index (Phi) is 5.93. The predicted molar refractivity (Wildman–Crippen MR) is 113 cm³/mol. The van der Waals surface area contributed by atoms with Crippen molar-refractivity contribution in [3.8, 4) is 0 Å². The molecular weight excluding hydrogens is 455 g/mol. The molecule has 1 aromatic heterocycles. The van der Waals surface area contributed by atoms with Crippen LogP contribution >= 0.6 is 0 Å². The van der Waals surface area contributed by atoms with E-state index in [1.807, 2.05) is 0 Å². The van der Waals surface area contributed by atoms with Crippen molar-refractivity contribution in [3.05, 3.63) is 83.3 Å². The number of imide groups is 1. The van der Waals surface area contributed by atoms with Gasteiger partial charge in [0.25, 0.3) is 17.7 Å². The average Bonchev–Trinajstić information content (AvgIpc) is 3.41. The number of carbonyl (C=O) groups is 4. The van der Waals surface area contributed by atoms with Crippen molar-refractivity contribution in [1.82, 2.24) is 4.90 Å². The van der Waals surface area contributed by atoms with Gasteiger partial charge in [-0.3, -0.25) is 24.1 Å². The van der Waals surface area contributed by atoms with E-state index in [4.69, 9.17) is 4.42 Å². The van der Waals surface area contributed by atoms with Gasteiger partial charge in [-0.2, -0.15) is 13.2 Å². The summed E-state index contributed by atoms with van der Waals surface area (Å²) in [6.45, 7) is -0.295. The number of nitrogens with zero attached hydrogens (tertiary/aromatic N) is 1. The Morgan fingerprint density at radius 2 is 1.59 bits per heavy atom. The van der Waals surface area contributed by atoms with Gasteiger partial charge in [-0.25, -0.2) is 0 Å². The Hall–Kier alpha value is -4.41. The highest BCUT2D eigenvalue weighted by atomic mass is 19.4. The molecule has 0 atom stereocenters. The number of halogens is 3. The molecule has 1 aliphatic heterocycles. The Morgan fingerprint density at radius 1 is 0.912 bits per heavy atom. The highest BCUT2D eigenvalue weighted by Crippen LogP contribution is 2.37. The van der Waals surface area contributed by atoms with E-state index in [2.05, 4.69) is 10.6 Å². The summed E-state index contributed by atoms with van der Waals surface area (Å²) in [7, 11) is 0. The molecule has 0 aliphatic carbocycles. The van der Waals surface area contributed by atoms with Crippen LogP contribution in [0.25, 0.3) is 0 Å². The predicted octanol–water partition coefficient (Wildman–Crippen LogP) is 4.18. The van der Waals surface area contributed by atoms with Gasteiger partial charge in [0.15, 0.2) is 5.76 Å². The number of carbonyl (C=O) groups excluding carboxylic acids is 4. The molecule has 0 saturated carbocycles. The normalized spacial score (nSPS) is 13.1. The molecule has 4 amide bonds. The van der Waals surface area contributed by atoms with Gasteiger partial charge in [0.2, 0.25) is 5.91 Å². The maximum Gasteiger partial charge on any atom is 0.418 e. The number of hydrogen-bond donors (Lipinski definition) is 2. The number of furan rings is 1. The maximum absolute atomic E-state index is 13.6. The zero-order valence-corrected chi connectivity index (χ0v) is 17.3. The number of anilines is 2. The van der Waals surface area contributed by atoms with Gasteiger partial charge in [-0.15, -0.1) is 0 Å². The second kappa shape index (κ2) is 8.85. The van der Waals surface area contributed by atoms with Crippen molar-refractivity contribution in [2.75, 3.05) is 17.2 Å². The zero-order valence-electron chi connectivity index (χ0n) is 17.3. The lowest BCUT2D eigenvalue weighted by molar-refractivity contribution is -0.136. The third-order valence-corrected chi connectivity index (χ3v) is 5.04. The van der Waals surface area contributed by atoms with E-state index in [1.54, 1.807) is 12.1 Å². The van der Waals surface area contributed by atoms with Gasteiger partial charge in [0.1, 0.15) is 0 Å². The summed E-state index contributed by atoms with van der Waals surface area (Å²) in [6.07, 6.45) is -3.99. The quantitative estimate of drug-likeness (QED) is 0.525. The first kappa shape index (κ1) is 22.8. The molecule has 0 radical (unpaired) electrons. The minimum absolute atomic E-state index is 0.0842. The summed E-state index contributed by atoms with van der Waals surface area (Å²) in [5.74, 6) is -2.79. The summed E-state index contributed by atoms with van der Waals surface area (Å²) < 4.78 is 45.7. The van der Waals surface area contributed by atoms with Crippen molar-refractivity contribution in [2.45, 2.75) is 12.6 Å². The van der Waals surface area contributed by atoms with Crippen LogP contribution in [0.4, 0.5) is 24.5 Å². The van der Waals surface area contributed by atoms with Gasteiger partial charge in [-0.1, -0.05) is 12.1 Å². The number of alkyl halides is 3. The van der Waals surface area contributed by atoms with Gasteiger partial charge < -0.3 is 15.1 Å². The lowest BCUT2D eigenvalue weighted by Crippen LogP contribution is -2.33. The molecule has 3 aromatic rings. The van der Waals surface area contributed by atoms with Crippen molar-refractivity contribution >= 4 is 35.0 Å². The Balaban J connectivity index is 1.44. The molecule has 2 N–H and O–H groups in total. The van der Waals surface area contributed by atoms with Crippen molar-refractivity contribution in [1.29, 1.82) is 0 Å². The first-order chi connectivity index (χ1) is 16.1. The molecule has 0 fully saturated rings. The lowest BCUT2D eigenvalue weighted by atomic mass is 10.1. The number of rotatable bonds is 6. The second-order valence-corrected chi connectivity index (χ2v) is 7.30. The number of fused-ring (bicyclic) bond motifs is 1. The number of hydrogen-bond acceptors (Lipinski definition) is 5. The van der Waals surface area contributed by atoms with E-state index in [9.17, 15) is 32.3 Å². The van der Waals surface area contributed by atoms with Crippen LogP contribution in [0.5, 0.6) is 0 Å². The second-order valence-electron chi connectivity index (χ2n) is 7.30. The van der Waals surface area contributed by atoms with Crippen LogP contribution in [-0.4, -0.2) is 35.1 Å². The molecule has 174 valence electrons. The van der Waals surface area contributed by atoms with Crippen molar-refractivity contribution in [2.24, 2.45) is 0 Å². The number of benzene rings is 2. The molecule has 2 aromatic carbocycles. The third-order valence-electron chi connectivity index (χ3n) is 5.04. The maximum atomic E-state index is 13.6. The highest BCUT2D eigenvalue weighted by molar-refractivity contribution is 6.21. The van der Waals surface area contributed by atoms with Crippen LogP contribution in [0.3, 0.4) is 0 Å². The first-order valence-corrected chi connectivity index (χ1v) is 9.96. The first-order valence-electron chi connectivity index (χ1n) is 9.96. The fourth-order valence-electron chi connectivity index (χ4n) is 3.43. The standard InChI is InChI=1S/C23H16F3N3O5/c24-23(25,26)16-12-13(27-20(31)18-6-3-11-34-18)7-8-17(16)28-19(30)9-10-29-21(32)14-4-1-2-5-15(14)22(29)33/h1-8,11-12H,9-10H2,(H,27,31)(H,28,30). The lowest BCUT2D eigenvalue weighted by Gasteiger charge is -2.17. The van der Waals surface area contributed by atoms with Gasteiger partial charge >= 0.3 is 6.18 Å². The number of amides is 4.